The summed E-state index contributed by atoms with van der Waals surface area (Å²) in [5.74, 6) is -0.425. The van der Waals surface area contributed by atoms with Crippen molar-refractivity contribution < 1.29 is 40.0 Å². The third kappa shape index (κ3) is 8.02. The van der Waals surface area contributed by atoms with E-state index in [2.05, 4.69) is 31.9 Å². The molecule has 4 rings (SSSR count). The smallest absolute Gasteiger partial charge is 0.416 e. The van der Waals surface area contributed by atoms with Gasteiger partial charge in [-0.2, -0.15) is 26.3 Å². The first-order chi connectivity index (χ1) is 20.5. The van der Waals surface area contributed by atoms with Gasteiger partial charge in [-0.15, -0.1) is 0 Å². The second-order valence-corrected chi connectivity index (χ2v) is 18.5. The molecule has 0 unspecified atom stereocenters. The molecule has 0 aromatic heterocycles. The molecule has 2 heterocycles. The van der Waals surface area contributed by atoms with Crippen LogP contribution in [0.4, 0.5) is 35.5 Å². The zero-order valence-electron chi connectivity index (χ0n) is 26.7. The average Bonchev–Trinajstić information content (AvgIpc) is 3.25. The van der Waals surface area contributed by atoms with E-state index in [4.69, 9.17) is 4.43 Å². The summed E-state index contributed by atoms with van der Waals surface area (Å²) in [4.78, 5) is 16.9. The van der Waals surface area contributed by atoms with Gasteiger partial charge in [0.05, 0.1) is 29.8 Å². The van der Waals surface area contributed by atoms with Crippen LogP contribution in [0, 0.1) is 12.7 Å². The van der Waals surface area contributed by atoms with Crippen molar-refractivity contribution in [2.24, 2.45) is 0 Å². The van der Waals surface area contributed by atoms with Gasteiger partial charge in [-0.05, 0) is 113 Å². The lowest BCUT2D eigenvalue weighted by atomic mass is 9.79. The Labute approximate surface area is 261 Å². The molecule has 0 bridgehead atoms. The maximum atomic E-state index is 14.1. The first-order valence-corrected chi connectivity index (χ1v) is 18.5. The number of urea groups is 1. The molecule has 2 aromatic rings. The van der Waals surface area contributed by atoms with Crippen molar-refractivity contribution in [3.05, 3.63) is 70.0 Å². The lowest BCUT2D eigenvalue weighted by molar-refractivity contribution is -0.143. The Kier molecular flexibility index (Phi) is 9.53. The van der Waals surface area contributed by atoms with Crippen molar-refractivity contribution in [3.8, 4) is 0 Å². The molecule has 45 heavy (non-hydrogen) atoms. The van der Waals surface area contributed by atoms with Crippen LogP contribution in [-0.4, -0.2) is 55.4 Å². The number of amides is 2. The second kappa shape index (κ2) is 12.2. The predicted molar refractivity (Wildman–Crippen MR) is 161 cm³/mol. The number of piperidine rings is 1. The van der Waals surface area contributed by atoms with Crippen LogP contribution in [0.15, 0.2) is 36.4 Å². The second-order valence-electron chi connectivity index (χ2n) is 13.9. The van der Waals surface area contributed by atoms with E-state index in [1.54, 1.807) is 17.9 Å². The molecule has 2 aromatic carbocycles. The van der Waals surface area contributed by atoms with E-state index in [-0.39, 0.29) is 29.3 Å². The van der Waals surface area contributed by atoms with Gasteiger partial charge in [0.1, 0.15) is 5.82 Å². The number of hydrogen-bond acceptors (Lipinski definition) is 3. The highest BCUT2D eigenvalue weighted by atomic mass is 28.4. The number of carbonyl (C=O) groups excluding carboxylic acids is 1. The number of hydrogen-bond donors (Lipinski definition) is 1. The first kappa shape index (κ1) is 35.2. The summed E-state index contributed by atoms with van der Waals surface area (Å²) >= 11 is 0. The fourth-order valence-electron chi connectivity index (χ4n) is 6.51. The fourth-order valence-corrected chi connectivity index (χ4v) is 7.26. The molecule has 13 heteroatoms. The fraction of sp³-hybridized carbons (Fsp3) is 0.594. The van der Waals surface area contributed by atoms with Gasteiger partial charge in [0.15, 0.2) is 8.32 Å². The molecule has 2 fully saturated rings. The van der Waals surface area contributed by atoms with Crippen molar-refractivity contribution in [3.63, 3.8) is 0 Å². The largest absolute Gasteiger partial charge is 0.416 e. The normalized spacial score (nSPS) is 25.1. The molecule has 2 amide bonds. The molecule has 0 aliphatic carbocycles. The minimum atomic E-state index is -5.01. The number of carbonyl (C=O) groups is 1. The zero-order valence-corrected chi connectivity index (χ0v) is 27.7. The standard InChI is InChI=1S/C32H42F7N3O2Si/c1-20-14-25(33)8-9-26(20)27-18-30(11-10-29(3,40-30)19-44-45(5,6)7)12-13-42(27)28(43)41(4)21(2)22-15-23(31(34,35)36)17-24(16-22)32(37,38)39/h8-9,14-17,21,27,40H,10-13,18-19H2,1-7H3/t21-,27-,29-,30+/m1/s1. The number of benzene rings is 2. The Hall–Kier alpha value is -2.64. The highest BCUT2D eigenvalue weighted by Crippen LogP contribution is 2.46. The van der Waals surface area contributed by atoms with Crippen molar-refractivity contribution in [2.45, 2.75) is 102 Å². The van der Waals surface area contributed by atoms with Gasteiger partial charge < -0.3 is 19.5 Å². The number of nitrogens with zero attached hydrogens (tertiary/aromatic N) is 2. The highest BCUT2D eigenvalue weighted by Gasteiger charge is 2.51. The average molecular weight is 662 g/mol. The van der Waals surface area contributed by atoms with Crippen LogP contribution >= 0.6 is 0 Å². The van der Waals surface area contributed by atoms with Crippen LogP contribution in [-0.2, 0) is 16.8 Å². The highest BCUT2D eigenvalue weighted by molar-refractivity contribution is 6.69. The number of aryl methyl sites for hydroxylation is 1. The molecule has 0 radical (unpaired) electrons. The van der Waals surface area contributed by atoms with Crippen LogP contribution in [0.1, 0.15) is 79.4 Å². The Morgan fingerprint density at radius 3 is 2.18 bits per heavy atom. The summed E-state index contributed by atoms with van der Waals surface area (Å²) < 4.78 is 102. The third-order valence-electron chi connectivity index (χ3n) is 9.15. The molecular weight excluding hydrogens is 619 g/mol. The van der Waals surface area contributed by atoms with E-state index in [1.807, 2.05) is 0 Å². The lowest BCUT2D eigenvalue weighted by Gasteiger charge is -2.48. The third-order valence-corrected chi connectivity index (χ3v) is 10.2. The minimum Gasteiger partial charge on any atom is -0.416 e. The van der Waals surface area contributed by atoms with E-state index in [0.29, 0.717) is 37.1 Å². The SMILES string of the molecule is Cc1cc(F)ccc1[C@H]1C[C@@]2(CCN1C(=O)N(C)[C@H](C)c1cc(C(F)(F)F)cc(C(F)(F)F)c1)CC[C@](C)(CO[Si](C)(C)C)N2. The van der Waals surface area contributed by atoms with E-state index < -0.39 is 55.7 Å². The van der Waals surface area contributed by atoms with Crippen LogP contribution in [0.3, 0.4) is 0 Å². The van der Waals surface area contributed by atoms with Crippen molar-refractivity contribution >= 4 is 14.3 Å². The van der Waals surface area contributed by atoms with E-state index in [1.165, 1.54) is 31.0 Å². The van der Waals surface area contributed by atoms with Gasteiger partial charge in [0, 0.05) is 24.7 Å². The molecule has 2 saturated heterocycles. The molecular formula is C32H42F7N3O2Si. The molecule has 4 atom stereocenters. The summed E-state index contributed by atoms with van der Waals surface area (Å²) in [6.45, 7) is 12.5. The van der Waals surface area contributed by atoms with Gasteiger partial charge in [0.2, 0.25) is 0 Å². The Balaban J connectivity index is 1.65. The molecule has 1 N–H and O–H groups in total. The monoisotopic (exact) mass is 661 g/mol. The summed E-state index contributed by atoms with van der Waals surface area (Å²) in [6.07, 6.45) is -7.25. The van der Waals surface area contributed by atoms with Crippen molar-refractivity contribution in [1.29, 1.82) is 0 Å². The Bertz CT molecular complexity index is 1380. The summed E-state index contributed by atoms with van der Waals surface area (Å²) in [5.41, 5.74) is -2.40. The van der Waals surface area contributed by atoms with Crippen molar-refractivity contribution in [1.82, 2.24) is 15.1 Å². The summed E-state index contributed by atoms with van der Waals surface area (Å²) in [6, 6.07) is 3.58. The van der Waals surface area contributed by atoms with Crippen LogP contribution in [0.5, 0.6) is 0 Å². The molecule has 250 valence electrons. The minimum absolute atomic E-state index is 0.0759. The number of halogens is 7. The van der Waals surface area contributed by atoms with Gasteiger partial charge >= 0.3 is 18.4 Å². The first-order valence-electron chi connectivity index (χ1n) is 15.0. The summed E-state index contributed by atoms with van der Waals surface area (Å²) in [5, 5.41) is 3.82. The maximum absolute atomic E-state index is 14.1. The quantitative estimate of drug-likeness (QED) is 0.249. The van der Waals surface area contributed by atoms with Gasteiger partial charge in [-0.25, -0.2) is 9.18 Å². The number of nitrogens with one attached hydrogen (secondary N) is 1. The molecule has 2 aliphatic rings. The lowest BCUT2D eigenvalue weighted by Crippen LogP contribution is -2.59. The van der Waals surface area contributed by atoms with Crippen LogP contribution in [0.25, 0.3) is 0 Å². The van der Waals surface area contributed by atoms with Crippen LogP contribution < -0.4 is 5.32 Å². The van der Waals surface area contributed by atoms with E-state index >= 15 is 0 Å². The number of alkyl halides is 6. The summed E-state index contributed by atoms with van der Waals surface area (Å²) in [7, 11) is -0.403. The topological polar surface area (TPSA) is 44.8 Å². The Morgan fingerprint density at radius 2 is 1.64 bits per heavy atom. The van der Waals surface area contributed by atoms with Crippen molar-refractivity contribution in [2.75, 3.05) is 20.2 Å². The van der Waals surface area contributed by atoms with Gasteiger partial charge in [0.25, 0.3) is 0 Å². The zero-order chi connectivity index (χ0) is 33.8. The van der Waals surface area contributed by atoms with Gasteiger partial charge in [-0.1, -0.05) is 6.07 Å². The van der Waals surface area contributed by atoms with E-state index in [0.717, 1.165) is 18.4 Å². The molecule has 5 nitrogen and oxygen atoms in total. The van der Waals surface area contributed by atoms with Crippen LogP contribution in [0.2, 0.25) is 19.6 Å². The molecule has 2 aliphatic heterocycles. The predicted octanol–water partition coefficient (Wildman–Crippen LogP) is 8.85. The Morgan fingerprint density at radius 1 is 1.04 bits per heavy atom. The molecule has 0 saturated carbocycles. The van der Waals surface area contributed by atoms with Gasteiger partial charge in [-0.3, -0.25) is 0 Å². The maximum Gasteiger partial charge on any atom is 0.416 e. The number of rotatable bonds is 6. The number of likely N-dealkylation sites (tertiary alicyclic amines) is 1. The molecule has 1 spiro atoms. The van der Waals surface area contributed by atoms with E-state index in [9.17, 15) is 35.5 Å².